The van der Waals surface area contributed by atoms with Crippen LogP contribution in [0.4, 0.5) is 0 Å². The molecule has 0 saturated carbocycles. The molecular weight excluding hydrogens is 368 g/mol. The fourth-order valence-electron chi connectivity index (χ4n) is 2.77. The van der Waals surface area contributed by atoms with E-state index in [2.05, 4.69) is 15.9 Å². The second kappa shape index (κ2) is 6.20. The zero-order valence-electron chi connectivity index (χ0n) is 12.3. The summed E-state index contributed by atoms with van der Waals surface area (Å²) >= 11 is 9.54. The average Bonchev–Trinajstić information content (AvgIpc) is 2.54. The maximum atomic E-state index is 6.21. The molecule has 0 fully saturated rings. The first-order valence-corrected chi connectivity index (χ1v) is 8.07. The van der Waals surface area contributed by atoms with E-state index in [1.807, 2.05) is 36.4 Å². The molecule has 116 valence electrons. The first-order valence-electron chi connectivity index (χ1n) is 6.90. The van der Waals surface area contributed by atoms with Gasteiger partial charge in [-0.25, -0.2) is 0 Å². The molecule has 0 radical (unpaired) electrons. The Bertz CT molecular complexity index is 674. The molecule has 2 unspecified atom stereocenters. The molecule has 0 amide bonds. The van der Waals surface area contributed by atoms with Crippen molar-refractivity contribution in [1.29, 1.82) is 0 Å². The number of benzene rings is 2. The smallest absolute Gasteiger partial charge is 0.239 e. The highest BCUT2D eigenvalue weighted by Crippen LogP contribution is 2.47. The monoisotopic (exact) mass is 382 g/mol. The summed E-state index contributed by atoms with van der Waals surface area (Å²) in [6, 6.07) is 13.5. The minimum Gasteiger partial charge on any atom is -0.458 e. The van der Waals surface area contributed by atoms with Crippen molar-refractivity contribution in [2.24, 2.45) is 0 Å². The van der Waals surface area contributed by atoms with Crippen LogP contribution >= 0.6 is 27.5 Å². The van der Waals surface area contributed by atoms with Crippen LogP contribution in [0.15, 0.2) is 46.9 Å². The highest BCUT2D eigenvalue weighted by Gasteiger charge is 2.43. The van der Waals surface area contributed by atoms with E-state index in [0.29, 0.717) is 11.4 Å². The van der Waals surface area contributed by atoms with Gasteiger partial charge in [0.05, 0.1) is 6.10 Å². The van der Waals surface area contributed by atoms with Crippen molar-refractivity contribution in [2.45, 2.75) is 18.3 Å². The van der Waals surface area contributed by atoms with E-state index in [1.165, 1.54) is 0 Å². The topological polar surface area (TPSA) is 27.7 Å². The molecule has 2 atom stereocenters. The van der Waals surface area contributed by atoms with Crippen molar-refractivity contribution in [3.05, 3.63) is 63.1 Å². The normalized spacial score (nSPS) is 23.7. The standard InChI is InChI=1S/C17H16BrClO3/c1-20-16-10-17(21-2,11-3-5-12(18)6-4-11)22-15-8-7-13(19)9-14(15)16/h3-9,16H,10H2,1-2H3. The highest BCUT2D eigenvalue weighted by molar-refractivity contribution is 9.10. The van der Waals surface area contributed by atoms with Gasteiger partial charge in [-0.2, -0.15) is 0 Å². The Morgan fingerprint density at radius 1 is 1.18 bits per heavy atom. The Morgan fingerprint density at radius 3 is 2.55 bits per heavy atom. The van der Waals surface area contributed by atoms with Crippen LogP contribution in [-0.4, -0.2) is 14.2 Å². The highest BCUT2D eigenvalue weighted by atomic mass is 79.9. The molecule has 2 aromatic rings. The van der Waals surface area contributed by atoms with Gasteiger partial charge in [-0.3, -0.25) is 0 Å². The number of halogens is 2. The van der Waals surface area contributed by atoms with Gasteiger partial charge in [-0.15, -0.1) is 0 Å². The molecule has 0 aliphatic carbocycles. The maximum Gasteiger partial charge on any atom is 0.239 e. The molecule has 5 heteroatoms. The second-order valence-electron chi connectivity index (χ2n) is 5.18. The van der Waals surface area contributed by atoms with E-state index in [0.717, 1.165) is 21.3 Å². The molecule has 0 spiro atoms. The minimum atomic E-state index is -0.873. The Kier molecular flexibility index (Phi) is 4.46. The zero-order chi connectivity index (χ0) is 15.7. The van der Waals surface area contributed by atoms with Crippen molar-refractivity contribution in [1.82, 2.24) is 0 Å². The van der Waals surface area contributed by atoms with E-state index < -0.39 is 5.79 Å². The van der Waals surface area contributed by atoms with E-state index >= 15 is 0 Å². The molecule has 1 heterocycles. The molecule has 0 N–H and O–H groups in total. The minimum absolute atomic E-state index is 0.147. The quantitative estimate of drug-likeness (QED) is 0.740. The van der Waals surface area contributed by atoms with Crippen molar-refractivity contribution in [2.75, 3.05) is 14.2 Å². The Labute approximate surface area is 143 Å². The van der Waals surface area contributed by atoms with Crippen LogP contribution in [0.25, 0.3) is 0 Å². The summed E-state index contributed by atoms with van der Waals surface area (Å²) < 4.78 is 18.6. The van der Waals surface area contributed by atoms with Crippen LogP contribution < -0.4 is 4.74 Å². The maximum absolute atomic E-state index is 6.21. The van der Waals surface area contributed by atoms with E-state index in [1.54, 1.807) is 20.3 Å². The van der Waals surface area contributed by atoms with E-state index in [4.69, 9.17) is 25.8 Å². The third kappa shape index (κ3) is 2.76. The summed E-state index contributed by atoms with van der Waals surface area (Å²) in [5.74, 6) is -0.144. The lowest BCUT2D eigenvalue weighted by atomic mass is 9.91. The molecule has 1 aliphatic rings. The SMILES string of the molecule is COC1CC(OC)(c2ccc(Br)cc2)Oc2ccc(Cl)cc21. The first kappa shape index (κ1) is 15.8. The van der Waals surface area contributed by atoms with Crippen LogP contribution in [-0.2, 0) is 15.3 Å². The van der Waals surface area contributed by atoms with Gasteiger partial charge in [0, 0.05) is 41.3 Å². The first-order chi connectivity index (χ1) is 10.6. The third-order valence-electron chi connectivity index (χ3n) is 3.95. The van der Waals surface area contributed by atoms with Crippen LogP contribution in [0, 0.1) is 0 Å². The largest absolute Gasteiger partial charge is 0.458 e. The Hall–Kier alpha value is -1.07. The number of rotatable bonds is 3. The van der Waals surface area contributed by atoms with Gasteiger partial charge in [0.25, 0.3) is 0 Å². The molecular formula is C17H16BrClO3. The van der Waals surface area contributed by atoms with Crippen LogP contribution in [0.5, 0.6) is 5.75 Å². The van der Waals surface area contributed by atoms with Crippen LogP contribution in [0.3, 0.4) is 0 Å². The van der Waals surface area contributed by atoms with Crippen LogP contribution in [0.1, 0.15) is 23.7 Å². The van der Waals surface area contributed by atoms with Gasteiger partial charge in [-0.1, -0.05) is 39.7 Å². The average molecular weight is 384 g/mol. The predicted molar refractivity (Wildman–Crippen MR) is 89.3 cm³/mol. The van der Waals surface area contributed by atoms with Crippen molar-refractivity contribution in [3.8, 4) is 5.75 Å². The molecule has 0 bridgehead atoms. The van der Waals surface area contributed by atoms with Crippen LogP contribution in [0.2, 0.25) is 5.02 Å². The van der Waals surface area contributed by atoms with Gasteiger partial charge in [0.15, 0.2) is 0 Å². The lowest BCUT2D eigenvalue weighted by Crippen LogP contribution is -2.40. The fraction of sp³-hybridized carbons (Fsp3) is 0.294. The van der Waals surface area contributed by atoms with Gasteiger partial charge < -0.3 is 14.2 Å². The molecule has 1 aliphatic heterocycles. The fourth-order valence-corrected chi connectivity index (χ4v) is 3.22. The predicted octanol–water partition coefficient (Wildman–Crippen LogP) is 5.07. The third-order valence-corrected chi connectivity index (χ3v) is 4.71. The number of methoxy groups -OCH3 is 2. The molecule has 3 rings (SSSR count). The van der Waals surface area contributed by atoms with Crippen molar-refractivity contribution < 1.29 is 14.2 Å². The summed E-state index contributed by atoms with van der Waals surface area (Å²) in [7, 11) is 3.33. The van der Waals surface area contributed by atoms with Gasteiger partial charge in [0.1, 0.15) is 5.75 Å². The summed E-state index contributed by atoms with van der Waals surface area (Å²) in [6.45, 7) is 0. The van der Waals surface area contributed by atoms with E-state index in [9.17, 15) is 0 Å². The molecule has 3 nitrogen and oxygen atoms in total. The zero-order valence-corrected chi connectivity index (χ0v) is 14.6. The number of hydrogen-bond acceptors (Lipinski definition) is 3. The van der Waals surface area contributed by atoms with Crippen molar-refractivity contribution in [3.63, 3.8) is 0 Å². The summed E-state index contributed by atoms with van der Waals surface area (Å²) in [5, 5.41) is 0.665. The van der Waals surface area contributed by atoms with E-state index in [-0.39, 0.29) is 6.10 Å². The summed E-state index contributed by atoms with van der Waals surface area (Å²) in [6.07, 6.45) is 0.403. The number of ether oxygens (including phenoxy) is 3. The second-order valence-corrected chi connectivity index (χ2v) is 6.53. The number of fused-ring (bicyclic) bond motifs is 1. The molecule has 22 heavy (non-hydrogen) atoms. The molecule has 0 aromatic heterocycles. The Morgan fingerprint density at radius 2 is 1.91 bits per heavy atom. The lowest BCUT2D eigenvalue weighted by Gasteiger charge is -2.40. The number of hydrogen-bond donors (Lipinski definition) is 0. The summed E-state index contributed by atoms with van der Waals surface area (Å²) in [5.41, 5.74) is 1.89. The van der Waals surface area contributed by atoms with Gasteiger partial charge in [0.2, 0.25) is 5.79 Å². The van der Waals surface area contributed by atoms with Crippen molar-refractivity contribution >= 4 is 27.5 Å². The molecule has 0 saturated heterocycles. The Balaban J connectivity index is 2.07. The van der Waals surface area contributed by atoms with Gasteiger partial charge in [-0.05, 0) is 30.3 Å². The lowest BCUT2D eigenvalue weighted by molar-refractivity contribution is -0.206. The van der Waals surface area contributed by atoms with Gasteiger partial charge >= 0.3 is 0 Å². The molecule has 2 aromatic carbocycles. The summed E-state index contributed by atoms with van der Waals surface area (Å²) in [4.78, 5) is 0.